The highest BCUT2D eigenvalue weighted by atomic mass is 32.2. The van der Waals surface area contributed by atoms with E-state index in [1.165, 1.54) is 36.4 Å². The van der Waals surface area contributed by atoms with E-state index in [4.69, 9.17) is 4.74 Å². The molecule has 0 radical (unpaired) electrons. The minimum Gasteiger partial charge on any atom is -0.453 e. The Morgan fingerprint density at radius 2 is 1.00 bits per heavy atom. The van der Waals surface area contributed by atoms with Crippen LogP contribution in [0, 0.1) is 0 Å². The Bertz CT molecular complexity index is 1600. The number of benzene rings is 4. The van der Waals surface area contributed by atoms with Crippen LogP contribution in [0.1, 0.15) is 0 Å². The fourth-order valence-electron chi connectivity index (χ4n) is 4.18. The molecule has 2 aliphatic rings. The lowest BCUT2D eigenvalue weighted by molar-refractivity contribution is 0.477. The van der Waals surface area contributed by atoms with E-state index in [2.05, 4.69) is 0 Å². The van der Waals surface area contributed by atoms with Gasteiger partial charge in [-0.2, -0.15) is 0 Å². The van der Waals surface area contributed by atoms with Crippen LogP contribution in [-0.4, -0.2) is 16.8 Å². The molecule has 0 unspecified atom stereocenters. The number of hydrogen-bond donors (Lipinski definition) is 0. The molecule has 4 aromatic rings. The van der Waals surface area contributed by atoms with Crippen LogP contribution in [-0.2, 0) is 19.7 Å². The molecule has 32 heavy (non-hydrogen) atoms. The summed E-state index contributed by atoms with van der Waals surface area (Å²) in [6.07, 6.45) is 0. The van der Waals surface area contributed by atoms with Crippen molar-refractivity contribution in [2.24, 2.45) is 0 Å². The van der Waals surface area contributed by atoms with Crippen molar-refractivity contribution in [1.29, 1.82) is 0 Å². The van der Waals surface area contributed by atoms with Crippen molar-refractivity contribution < 1.29 is 21.6 Å². The van der Waals surface area contributed by atoms with Gasteiger partial charge in [-0.3, -0.25) is 0 Å². The molecule has 0 N–H and O–H groups in total. The average Bonchev–Trinajstić information content (AvgIpc) is 2.81. The molecular weight excluding hydrogens is 446 g/mol. The third-order valence-electron chi connectivity index (χ3n) is 5.62. The van der Waals surface area contributed by atoms with Gasteiger partial charge in [-0.15, -0.1) is 0 Å². The van der Waals surface area contributed by atoms with Gasteiger partial charge in [0.15, 0.2) is 11.5 Å². The van der Waals surface area contributed by atoms with Crippen molar-refractivity contribution in [3.8, 4) is 11.5 Å². The Kier molecular flexibility index (Phi) is 3.84. The Morgan fingerprint density at radius 1 is 0.531 bits per heavy atom. The Morgan fingerprint density at radius 3 is 1.59 bits per heavy atom. The minimum atomic E-state index is -4.03. The lowest BCUT2D eigenvalue weighted by Gasteiger charge is -2.33. The molecule has 4 aromatic carbocycles. The molecule has 0 spiro atoms. The summed E-state index contributed by atoms with van der Waals surface area (Å²) in [6.45, 7) is 0. The van der Waals surface area contributed by atoms with Gasteiger partial charge in [0.25, 0.3) is 0 Å². The highest BCUT2D eigenvalue weighted by Crippen LogP contribution is 2.51. The molecule has 2 heterocycles. The summed E-state index contributed by atoms with van der Waals surface area (Å²) in [6, 6.07) is 24.9. The topological polar surface area (TPSA) is 80.8 Å². The number of rotatable bonds is 1. The molecule has 6 nitrogen and oxygen atoms in total. The molecule has 0 aromatic heterocycles. The molecule has 8 heteroatoms. The lowest BCUT2D eigenvalue weighted by atomic mass is 10.1. The van der Waals surface area contributed by atoms with E-state index in [-0.39, 0.29) is 19.6 Å². The number of sulfone groups is 2. The summed E-state index contributed by atoms with van der Waals surface area (Å²) in [5.74, 6) is 1.23. The molecule has 0 amide bonds. The van der Waals surface area contributed by atoms with Crippen molar-refractivity contribution >= 4 is 36.7 Å². The monoisotopic (exact) mass is 461 g/mol. The first-order valence-corrected chi connectivity index (χ1v) is 12.7. The van der Waals surface area contributed by atoms with Gasteiger partial charge in [-0.1, -0.05) is 36.4 Å². The van der Waals surface area contributed by atoms with Gasteiger partial charge in [0, 0.05) is 5.69 Å². The quantitative estimate of drug-likeness (QED) is 0.333. The zero-order valence-electron chi connectivity index (χ0n) is 16.5. The number of fused-ring (bicyclic) bond motifs is 4. The van der Waals surface area contributed by atoms with E-state index in [1.807, 2.05) is 53.4 Å². The highest BCUT2D eigenvalue weighted by Gasteiger charge is 2.39. The van der Waals surface area contributed by atoms with Crippen LogP contribution in [0.25, 0.3) is 0 Å². The maximum atomic E-state index is 13.4. The van der Waals surface area contributed by atoms with Crippen molar-refractivity contribution in [2.75, 3.05) is 4.90 Å². The molecule has 0 aliphatic carbocycles. The fourth-order valence-corrected chi connectivity index (χ4v) is 8.33. The Labute approximate surface area is 185 Å². The van der Waals surface area contributed by atoms with Crippen LogP contribution >= 0.6 is 0 Å². The first-order chi connectivity index (χ1) is 15.4. The number of para-hydroxylation sites is 4. The second-order valence-electron chi connectivity index (χ2n) is 7.46. The van der Waals surface area contributed by atoms with E-state index in [1.54, 1.807) is 6.07 Å². The van der Waals surface area contributed by atoms with Gasteiger partial charge in [0.2, 0.25) is 19.7 Å². The summed E-state index contributed by atoms with van der Waals surface area (Å²) in [5, 5.41) is 0. The predicted octanol–water partition coefficient (Wildman–Crippen LogP) is 5.24. The van der Waals surface area contributed by atoms with Gasteiger partial charge in [-0.05, 0) is 54.6 Å². The molecule has 0 saturated heterocycles. The summed E-state index contributed by atoms with van der Waals surface area (Å²) >= 11 is 0. The van der Waals surface area contributed by atoms with Crippen LogP contribution < -0.4 is 9.64 Å². The number of anilines is 3. The van der Waals surface area contributed by atoms with Gasteiger partial charge in [0.1, 0.15) is 0 Å². The number of ether oxygens (including phenoxy) is 1. The normalized spacial score (nSPS) is 16.7. The molecule has 0 saturated carbocycles. The highest BCUT2D eigenvalue weighted by molar-refractivity contribution is 7.97. The van der Waals surface area contributed by atoms with Gasteiger partial charge in [-0.25, -0.2) is 16.8 Å². The number of nitrogens with zero attached hydrogens (tertiary/aromatic N) is 1. The second-order valence-corrected chi connectivity index (χ2v) is 11.2. The van der Waals surface area contributed by atoms with Crippen molar-refractivity contribution in [3.63, 3.8) is 0 Å². The summed E-state index contributed by atoms with van der Waals surface area (Å²) in [5.41, 5.74) is 1.97. The van der Waals surface area contributed by atoms with E-state index in [9.17, 15) is 16.8 Å². The second kappa shape index (κ2) is 6.44. The van der Waals surface area contributed by atoms with Crippen LogP contribution in [0.2, 0.25) is 0 Å². The van der Waals surface area contributed by atoms with Crippen molar-refractivity contribution in [2.45, 2.75) is 19.6 Å². The van der Waals surface area contributed by atoms with Gasteiger partial charge < -0.3 is 9.64 Å². The summed E-state index contributed by atoms with van der Waals surface area (Å²) < 4.78 is 59.1. The summed E-state index contributed by atoms with van der Waals surface area (Å²) in [4.78, 5) is 1.04. The average molecular weight is 462 g/mol. The smallest absolute Gasteiger partial charge is 0.209 e. The van der Waals surface area contributed by atoms with Crippen LogP contribution in [0.5, 0.6) is 11.5 Å². The van der Waals surface area contributed by atoms with E-state index < -0.39 is 19.7 Å². The van der Waals surface area contributed by atoms with Crippen LogP contribution in [0.3, 0.4) is 0 Å². The SMILES string of the molecule is O=S1(=O)c2ccccc2S(=O)(=O)c2cc(N3c4ccccc4Oc4ccccc43)ccc21. The minimum absolute atomic E-state index is 0.192. The van der Waals surface area contributed by atoms with Crippen LogP contribution in [0.15, 0.2) is 111 Å². The zero-order chi connectivity index (χ0) is 22.1. The zero-order valence-corrected chi connectivity index (χ0v) is 18.1. The fraction of sp³-hybridized carbons (Fsp3) is 0. The summed E-state index contributed by atoms with van der Waals surface area (Å²) in [7, 11) is -7.99. The van der Waals surface area contributed by atoms with E-state index >= 15 is 0 Å². The standard InChI is InChI=1S/C24H15NO5S2/c26-31(27)21-11-5-6-12-22(21)32(28,29)24-15-16(13-14-23(24)31)25-17-7-1-3-9-19(17)30-20-10-4-2-8-18(20)25/h1-15H. The maximum absolute atomic E-state index is 13.4. The molecule has 6 rings (SSSR count). The largest absolute Gasteiger partial charge is 0.453 e. The first kappa shape index (κ1) is 19.1. The van der Waals surface area contributed by atoms with E-state index in [0.717, 1.165) is 11.4 Å². The van der Waals surface area contributed by atoms with Crippen molar-refractivity contribution in [1.82, 2.24) is 0 Å². The molecular formula is C24H15NO5S2. The molecule has 0 bridgehead atoms. The van der Waals surface area contributed by atoms with E-state index in [0.29, 0.717) is 17.2 Å². The maximum Gasteiger partial charge on any atom is 0.209 e. The number of hydrogen-bond acceptors (Lipinski definition) is 6. The third-order valence-corrected chi connectivity index (χ3v) is 9.61. The van der Waals surface area contributed by atoms with Gasteiger partial charge in [0.05, 0.1) is 31.0 Å². The lowest BCUT2D eigenvalue weighted by Crippen LogP contribution is -2.21. The Hall–Kier alpha value is -3.62. The first-order valence-electron chi connectivity index (χ1n) is 9.78. The van der Waals surface area contributed by atoms with Gasteiger partial charge >= 0.3 is 0 Å². The Balaban J connectivity index is 1.63. The third kappa shape index (κ3) is 2.50. The molecule has 2 aliphatic heterocycles. The molecule has 0 atom stereocenters. The molecule has 158 valence electrons. The predicted molar refractivity (Wildman–Crippen MR) is 119 cm³/mol. The van der Waals surface area contributed by atoms with Crippen molar-refractivity contribution in [3.05, 3.63) is 91.0 Å². The molecule has 0 fully saturated rings. The van der Waals surface area contributed by atoms with Crippen LogP contribution in [0.4, 0.5) is 17.1 Å².